The first kappa shape index (κ1) is 28.5. The van der Waals surface area contributed by atoms with Crippen molar-refractivity contribution in [3.05, 3.63) is 64.1 Å². The molecule has 3 heterocycles. The summed E-state index contributed by atoms with van der Waals surface area (Å²) < 4.78 is 7.23. The van der Waals surface area contributed by atoms with Crippen molar-refractivity contribution in [1.82, 2.24) is 24.3 Å². The lowest BCUT2D eigenvalue weighted by Gasteiger charge is -2.35. The molecule has 1 atom stereocenters. The smallest absolute Gasteiger partial charge is 0.410 e. The highest BCUT2D eigenvalue weighted by Crippen LogP contribution is 2.22. The minimum absolute atomic E-state index is 0.0135. The van der Waals surface area contributed by atoms with E-state index in [1.165, 1.54) is 5.56 Å². The Hall–Kier alpha value is -3.46. The highest BCUT2D eigenvalue weighted by molar-refractivity contribution is 5.75. The first-order valence-electron chi connectivity index (χ1n) is 13.7. The Kier molecular flexibility index (Phi) is 8.30. The quantitative estimate of drug-likeness (QED) is 0.472. The third kappa shape index (κ3) is 7.79. The van der Waals surface area contributed by atoms with Gasteiger partial charge in [0.25, 0.3) is 5.56 Å². The average molecular weight is 535 g/mol. The fraction of sp³-hybridized carbons (Fsp3) is 0.533. The standard InChI is InChI=1S/C30H42N6O3/c1-21(32-27-31-18-24-12-13-25(37)36(26(24)33-27)20-29(2,3)4)23-10-8-22(9-11-23)19-34-14-16-35(17-15-34)28(38)39-30(5,6)7/h8-13,18,21H,14-17,19-20H2,1-7H3,(H,31,32,33)/t21-/m0/s1. The molecule has 0 aliphatic carbocycles. The maximum Gasteiger partial charge on any atom is 0.410 e. The van der Waals surface area contributed by atoms with Crippen LogP contribution in [0, 0.1) is 5.41 Å². The molecule has 0 bridgehead atoms. The van der Waals surface area contributed by atoms with Gasteiger partial charge in [0, 0.05) is 56.9 Å². The number of anilines is 1. The van der Waals surface area contributed by atoms with E-state index in [0.29, 0.717) is 31.2 Å². The number of ether oxygens (including phenoxy) is 1. The SMILES string of the molecule is C[C@H](Nc1ncc2ccc(=O)n(CC(C)(C)C)c2n1)c1ccc(CN2CCN(C(=O)OC(C)(C)C)CC2)cc1. The van der Waals surface area contributed by atoms with Crippen molar-refractivity contribution in [2.45, 2.75) is 73.2 Å². The second-order valence-electron chi connectivity index (χ2n) is 12.6. The Morgan fingerprint density at radius 3 is 2.28 bits per heavy atom. The van der Waals surface area contributed by atoms with Gasteiger partial charge in [-0.25, -0.2) is 9.78 Å². The molecule has 39 heavy (non-hydrogen) atoms. The van der Waals surface area contributed by atoms with Gasteiger partial charge in [-0.1, -0.05) is 45.0 Å². The third-order valence-corrected chi connectivity index (χ3v) is 6.61. The first-order chi connectivity index (χ1) is 18.3. The fourth-order valence-corrected chi connectivity index (χ4v) is 4.63. The van der Waals surface area contributed by atoms with Gasteiger partial charge in [-0.2, -0.15) is 4.98 Å². The van der Waals surface area contributed by atoms with Crippen LogP contribution in [0.2, 0.25) is 0 Å². The summed E-state index contributed by atoms with van der Waals surface area (Å²) in [6.07, 6.45) is 1.53. The highest BCUT2D eigenvalue weighted by Gasteiger charge is 2.26. The van der Waals surface area contributed by atoms with Gasteiger partial charge in [0.1, 0.15) is 11.2 Å². The number of hydrogen-bond acceptors (Lipinski definition) is 7. The molecule has 1 fully saturated rings. The van der Waals surface area contributed by atoms with Crippen LogP contribution in [-0.4, -0.2) is 62.2 Å². The van der Waals surface area contributed by atoms with Crippen LogP contribution in [0.1, 0.15) is 65.6 Å². The van der Waals surface area contributed by atoms with E-state index in [4.69, 9.17) is 9.72 Å². The van der Waals surface area contributed by atoms with Crippen molar-refractivity contribution in [3.8, 4) is 0 Å². The van der Waals surface area contributed by atoms with Crippen molar-refractivity contribution < 1.29 is 9.53 Å². The van der Waals surface area contributed by atoms with Crippen LogP contribution in [0.25, 0.3) is 11.0 Å². The summed E-state index contributed by atoms with van der Waals surface area (Å²) in [5, 5.41) is 4.24. The number of rotatable bonds is 6. The van der Waals surface area contributed by atoms with Crippen LogP contribution in [0.4, 0.5) is 10.7 Å². The lowest BCUT2D eigenvalue weighted by Crippen LogP contribution is -2.49. The summed E-state index contributed by atoms with van der Waals surface area (Å²) in [4.78, 5) is 38.3. The Morgan fingerprint density at radius 2 is 1.67 bits per heavy atom. The number of benzene rings is 1. The van der Waals surface area contributed by atoms with Crippen molar-refractivity contribution in [1.29, 1.82) is 0 Å². The zero-order chi connectivity index (χ0) is 28.4. The number of hydrogen-bond donors (Lipinski definition) is 1. The molecular weight excluding hydrogens is 492 g/mol. The largest absolute Gasteiger partial charge is 0.444 e. The molecule has 0 spiro atoms. The molecule has 1 aliphatic rings. The molecule has 1 aliphatic heterocycles. The Balaban J connectivity index is 1.36. The number of carbonyl (C=O) groups is 1. The number of pyridine rings is 1. The molecule has 1 saturated heterocycles. The summed E-state index contributed by atoms with van der Waals surface area (Å²) in [5.41, 5.74) is 2.40. The van der Waals surface area contributed by atoms with Gasteiger partial charge in [0.15, 0.2) is 0 Å². The van der Waals surface area contributed by atoms with Gasteiger partial charge in [-0.3, -0.25) is 14.3 Å². The predicted octanol–water partition coefficient (Wildman–Crippen LogP) is 5.06. The lowest BCUT2D eigenvalue weighted by molar-refractivity contribution is 0.0139. The molecule has 1 N–H and O–H groups in total. The Morgan fingerprint density at radius 1 is 1.00 bits per heavy atom. The molecule has 3 aromatic rings. The van der Waals surface area contributed by atoms with E-state index in [2.05, 4.69) is 67.2 Å². The molecule has 2 aromatic heterocycles. The second kappa shape index (κ2) is 11.3. The van der Waals surface area contributed by atoms with E-state index >= 15 is 0 Å². The van der Waals surface area contributed by atoms with Gasteiger partial charge in [-0.15, -0.1) is 0 Å². The van der Waals surface area contributed by atoms with Crippen molar-refractivity contribution in [3.63, 3.8) is 0 Å². The molecule has 1 aromatic carbocycles. The van der Waals surface area contributed by atoms with E-state index in [9.17, 15) is 9.59 Å². The van der Waals surface area contributed by atoms with Crippen molar-refractivity contribution in [2.24, 2.45) is 5.41 Å². The number of aromatic nitrogens is 3. The van der Waals surface area contributed by atoms with Crippen molar-refractivity contribution in [2.75, 3.05) is 31.5 Å². The molecule has 9 nitrogen and oxygen atoms in total. The molecule has 210 valence electrons. The number of nitrogens with one attached hydrogen (secondary N) is 1. The first-order valence-corrected chi connectivity index (χ1v) is 13.7. The molecule has 0 radical (unpaired) electrons. The number of nitrogens with zero attached hydrogens (tertiary/aromatic N) is 5. The Bertz CT molecular complexity index is 1350. The van der Waals surface area contributed by atoms with E-state index in [-0.39, 0.29) is 23.1 Å². The van der Waals surface area contributed by atoms with Crippen LogP contribution in [0.15, 0.2) is 47.4 Å². The summed E-state index contributed by atoms with van der Waals surface area (Å²) in [6.45, 7) is 18.5. The lowest BCUT2D eigenvalue weighted by atomic mass is 9.97. The van der Waals surface area contributed by atoms with Crippen LogP contribution < -0.4 is 10.9 Å². The fourth-order valence-electron chi connectivity index (χ4n) is 4.63. The van der Waals surface area contributed by atoms with Crippen LogP contribution >= 0.6 is 0 Å². The zero-order valence-corrected chi connectivity index (χ0v) is 24.3. The number of fused-ring (bicyclic) bond motifs is 1. The zero-order valence-electron chi connectivity index (χ0n) is 24.3. The molecule has 0 unspecified atom stereocenters. The number of carbonyl (C=O) groups excluding carboxylic acids is 1. The molecular formula is C30H42N6O3. The van der Waals surface area contributed by atoms with Gasteiger partial charge < -0.3 is 15.0 Å². The van der Waals surface area contributed by atoms with Gasteiger partial charge in [0.05, 0.1) is 6.04 Å². The van der Waals surface area contributed by atoms with Gasteiger partial charge in [-0.05, 0) is 50.3 Å². The van der Waals surface area contributed by atoms with Gasteiger partial charge >= 0.3 is 6.09 Å². The summed E-state index contributed by atoms with van der Waals surface area (Å²) in [7, 11) is 0. The molecule has 9 heteroatoms. The van der Waals surface area contributed by atoms with E-state index in [0.717, 1.165) is 30.6 Å². The summed E-state index contributed by atoms with van der Waals surface area (Å²) in [5.74, 6) is 0.496. The van der Waals surface area contributed by atoms with Crippen molar-refractivity contribution >= 4 is 23.1 Å². The average Bonchev–Trinajstić information content (AvgIpc) is 2.85. The van der Waals surface area contributed by atoms with Gasteiger partial charge in [0.2, 0.25) is 5.95 Å². The van der Waals surface area contributed by atoms with E-state index in [1.54, 1.807) is 27.8 Å². The molecule has 1 amide bonds. The maximum absolute atomic E-state index is 12.6. The minimum atomic E-state index is -0.475. The monoisotopic (exact) mass is 534 g/mol. The number of piperazine rings is 1. The predicted molar refractivity (Wildman–Crippen MR) is 155 cm³/mol. The topological polar surface area (TPSA) is 92.6 Å². The summed E-state index contributed by atoms with van der Waals surface area (Å²) in [6, 6.07) is 11.9. The Labute approximate surface area is 231 Å². The van der Waals surface area contributed by atoms with Crippen LogP contribution in [0.5, 0.6) is 0 Å². The van der Waals surface area contributed by atoms with E-state index < -0.39 is 5.60 Å². The van der Waals surface area contributed by atoms with Crippen LogP contribution in [0.3, 0.4) is 0 Å². The number of amides is 1. The minimum Gasteiger partial charge on any atom is -0.444 e. The third-order valence-electron chi connectivity index (χ3n) is 6.61. The normalized spacial score (nSPS) is 15.8. The van der Waals surface area contributed by atoms with Crippen LogP contribution in [-0.2, 0) is 17.8 Å². The molecule has 0 saturated carbocycles. The molecule has 4 rings (SSSR count). The maximum atomic E-state index is 12.6. The summed E-state index contributed by atoms with van der Waals surface area (Å²) >= 11 is 0. The van der Waals surface area contributed by atoms with E-state index in [1.807, 2.05) is 20.8 Å². The second-order valence-corrected chi connectivity index (χ2v) is 12.6. The highest BCUT2D eigenvalue weighted by atomic mass is 16.6.